The fourth-order valence-electron chi connectivity index (χ4n) is 2.71. The van der Waals surface area contributed by atoms with Crippen molar-refractivity contribution in [2.45, 2.75) is 37.9 Å². The Labute approximate surface area is 169 Å². The molecule has 0 radical (unpaired) electrons. The molecular formula is C21H22ClN3OS. The molecule has 0 atom stereocenters. The molecule has 0 fully saturated rings. The Balaban J connectivity index is 1.72. The van der Waals surface area contributed by atoms with E-state index < -0.39 is 0 Å². The summed E-state index contributed by atoms with van der Waals surface area (Å²) >= 11 is 7.85. The van der Waals surface area contributed by atoms with Gasteiger partial charge in [-0.2, -0.15) is 0 Å². The highest BCUT2D eigenvalue weighted by Crippen LogP contribution is 2.27. The van der Waals surface area contributed by atoms with Gasteiger partial charge in [0, 0.05) is 17.3 Å². The number of halogens is 1. The van der Waals surface area contributed by atoms with E-state index in [0.717, 1.165) is 38.6 Å². The van der Waals surface area contributed by atoms with E-state index >= 15 is 0 Å². The van der Waals surface area contributed by atoms with Gasteiger partial charge in [-0.25, -0.2) is 0 Å². The number of aryl methyl sites for hydroxylation is 2. The summed E-state index contributed by atoms with van der Waals surface area (Å²) in [5.41, 5.74) is 3.40. The molecule has 0 amide bonds. The molecule has 0 saturated heterocycles. The number of hydrogen-bond donors (Lipinski definition) is 0. The van der Waals surface area contributed by atoms with Gasteiger partial charge in [-0.1, -0.05) is 65.3 Å². The van der Waals surface area contributed by atoms with Gasteiger partial charge in [-0.05, 0) is 37.1 Å². The van der Waals surface area contributed by atoms with Crippen LogP contribution in [0.3, 0.4) is 0 Å². The second-order valence-corrected chi connectivity index (χ2v) is 7.59. The number of ether oxygens (including phenoxy) is 1. The van der Waals surface area contributed by atoms with Gasteiger partial charge in [0.25, 0.3) is 0 Å². The first-order valence-corrected chi connectivity index (χ1v) is 10.0. The number of rotatable bonds is 8. The fourth-order valence-corrected chi connectivity index (χ4v) is 3.96. The summed E-state index contributed by atoms with van der Waals surface area (Å²) in [6.07, 6.45) is 1.84. The van der Waals surface area contributed by atoms with Crippen molar-refractivity contribution in [3.05, 3.63) is 82.7 Å². The summed E-state index contributed by atoms with van der Waals surface area (Å²) in [6, 6.07) is 14.0. The van der Waals surface area contributed by atoms with E-state index in [4.69, 9.17) is 16.3 Å². The van der Waals surface area contributed by atoms with Crippen molar-refractivity contribution in [3.8, 4) is 5.75 Å². The Kier molecular flexibility index (Phi) is 6.58. The Bertz CT molecular complexity index is 939. The minimum absolute atomic E-state index is 0.359. The largest absolute Gasteiger partial charge is 0.485 e. The van der Waals surface area contributed by atoms with Crippen LogP contribution >= 0.6 is 23.4 Å². The average Bonchev–Trinajstić information content (AvgIpc) is 3.02. The molecule has 0 unspecified atom stereocenters. The summed E-state index contributed by atoms with van der Waals surface area (Å²) < 4.78 is 8.00. The number of hydrogen-bond acceptors (Lipinski definition) is 4. The van der Waals surface area contributed by atoms with Gasteiger partial charge in [0.2, 0.25) is 0 Å². The van der Waals surface area contributed by atoms with Crippen LogP contribution in [-0.4, -0.2) is 14.8 Å². The van der Waals surface area contributed by atoms with Crippen LogP contribution in [0.1, 0.15) is 22.5 Å². The maximum atomic E-state index is 6.25. The molecule has 0 N–H and O–H groups in total. The van der Waals surface area contributed by atoms with Crippen LogP contribution in [0.4, 0.5) is 0 Å². The Hall–Kier alpha value is -2.24. The third-order valence-corrected chi connectivity index (χ3v) is 5.49. The quantitative estimate of drug-likeness (QED) is 0.365. The summed E-state index contributed by atoms with van der Waals surface area (Å²) in [5, 5.41) is 10.2. The highest BCUT2D eigenvalue weighted by Gasteiger charge is 2.13. The Morgan fingerprint density at radius 1 is 1.19 bits per heavy atom. The molecule has 3 aromatic rings. The van der Waals surface area contributed by atoms with Gasteiger partial charge in [0.05, 0.1) is 0 Å². The smallest absolute Gasteiger partial charge is 0.191 e. The van der Waals surface area contributed by atoms with Gasteiger partial charge >= 0.3 is 0 Å². The van der Waals surface area contributed by atoms with E-state index in [1.165, 1.54) is 5.56 Å². The predicted molar refractivity (Wildman–Crippen MR) is 111 cm³/mol. The molecule has 27 heavy (non-hydrogen) atoms. The van der Waals surface area contributed by atoms with Crippen LogP contribution in [0.2, 0.25) is 5.02 Å². The van der Waals surface area contributed by atoms with Crippen LogP contribution in [0.15, 0.2) is 60.3 Å². The second kappa shape index (κ2) is 9.11. The van der Waals surface area contributed by atoms with Gasteiger partial charge in [-0.3, -0.25) is 4.57 Å². The van der Waals surface area contributed by atoms with Gasteiger partial charge in [-0.15, -0.1) is 16.8 Å². The van der Waals surface area contributed by atoms with Crippen molar-refractivity contribution in [1.82, 2.24) is 14.8 Å². The molecule has 1 aromatic heterocycles. The van der Waals surface area contributed by atoms with Gasteiger partial charge in [0.1, 0.15) is 12.4 Å². The van der Waals surface area contributed by atoms with E-state index in [-0.39, 0.29) is 0 Å². The summed E-state index contributed by atoms with van der Waals surface area (Å²) in [7, 11) is 0. The highest BCUT2D eigenvalue weighted by molar-refractivity contribution is 7.98. The molecule has 3 rings (SSSR count). The second-order valence-electron chi connectivity index (χ2n) is 6.24. The summed E-state index contributed by atoms with van der Waals surface area (Å²) in [4.78, 5) is 0. The van der Waals surface area contributed by atoms with E-state index in [0.29, 0.717) is 13.2 Å². The van der Waals surface area contributed by atoms with Crippen molar-refractivity contribution in [1.29, 1.82) is 0 Å². The molecule has 0 saturated carbocycles. The number of benzene rings is 2. The highest BCUT2D eigenvalue weighted by atomic mass is 35.5. The molecule has 6 heteroatoms. The number of thioether (sulfide) groups is 1. The molecule has 2 aromatic carbocycles. The standard InChI is InChI=1S/C21H22ClN3OS/c1-4-11-25-20(13-26-19-10-9-15(2)12-16(19)3)23-24-21(25)27-14-17-7-5-6-8-18(17)22/h4-10,12H,1,11,13-14H2,2-3H3. The van der Waals surface area contributed by atoms with E-state index in [9.17, 15) is 0 Å². The zero-order valence-electron chi connectivity index (χ0n) is 15.5. The monoisotopic (exact) mass is 399 g/mol. The maximum absolute atomic E-state index is 6.25. The number of aromatic nitrogens is 3. The minimum atomic E-state index is 0.359. The molecule has 0 aliphatic carbocycles. The van der Waals surface area contributed by atoms with Gasteiger partial charge in [0.15, 0.2) is 11.0 Å². The SMILES string of the molecule is C=CCn1c(COc2ccc(C)cc2C)nnc1SCc1ccccc1Cl. The lowest BCUT2D eigenvalue weighted by molar-refractivity contribution is 0.287. The van der Waals surface area contributed by atoms with Gasteiger partial charge < -0.3 is 4.74 Å². The normalized spacial score (nSPS) is 10.8. The van der Waals surface area contributed by atoms with Crippen molar-refractivity contribution in [2.75, 3.05) is 0 Å². The molecule has 0 aliphatic heterocycles. The Morgan fingerprint density at radius 3 is 2.74 bits per heavy atom. The first-order valence-electron chi connectivity index (χ1n) is 8.67. The lowest BCUT2D eigenvalue weighted by atomic mass is 10.1. The topological polar surface area (TPSA) is 39.9 Å². The van der Waals surface area contributed by atoms with Crippen LogP contribution in [0, 0.1) is 13.8 Å². The van der Waals surface area contributed by atoms with E-state index in [1.54, 1.807) is 11.8 Å². The van der Waals surface area contributed by atoms with Crippen molar-refractivity contribution in [3.63, 3.8) is 0 Å². The number of allylic oxidation sites excluding steroid dienone is 1. The van der Waals surface area contributed by atoms with E-state index in [2.05, 4.69) is 29.8 Å². The maximum Gasteiger partial charge on any atom is 0.191 e. The Morgan fingerprint density at radius 2 is 2.00 bits per heavy atom. The molecule has 0 aliphatic rings. The van der Waals surface area contributed by atoms with Crippen LogP contribution in [-0.2, 0) is 18.9 Å². The average molecular weight is 400 g/mol. The first-order chi connectivity index (χ1) is 13.1. The molecule has 4 nitrogen and oxygen atoms in total. The van der Waals surface area contributed by atoms with Crippen molar-refractivity contribution >= 4 is 23.4 Å². The molecule has 0 spiro atoms. The molecule has 1 heterocycles. The number of nitrogens with zero attached hydrogens (tertiary/aromatic N) is 3. The first kappa shape index (κ1) is 19.5. The fraction of sp³-hybridized carbons (Fsp3) is 0.238. The third-order valence-electron chi connectivity index (χ3n) is 4.11. The zero-order chi connectivity index (χ0) is 19.2. The van der Waals surface area contributed by atoms with Crippen molar-refractivity contribution < 1.29 is 4.74 Å². The molecule has 140 valence electrons. The van der Waals surface area contributed by atoms with Crippen LogP contribution in [0.5, 0.6) is 5.75 Å². The lowest BCUT2D eigenvalue weighted by Crippen LogP contribution is -2.08. The van der Waals surface area contributed by atoms with Crippen LogP contribution in [0.25, 0.3) is 0 Å². The third kappa shape index (κ3) is 4.93. The predicted octanol–water partition coefficient (Wildman–Crippen LogP) is 5.61. The van der Waals surface area contributed by atoms with Crippen LogP contribution < -0.4 is 4.74 Å². The van der Waals surface area contributed by atoms with Crippen molar-refractivity contribution in [2.24, 2.45) is 0 Å². The molecule has 0 bridgehead atoms. The summed E-state index contributed by atoms with van der Waals surface area (Å²) in [5.74, 6) is 2.36. The molecular weight excluding hydrogens is 378 g/mol. The lowest BCUT2D eigenvalue weighted by Gasteiger charge is -2.11. The zero-order valence-corrected chi connectivity index (χ0v) is 17.1. The summed E-state index contributed by atoms with van der Waals surface area (Å²) in [6.45, 7) is 8.94. The van der Waals surface area contributed by atoms with E-state index in [1.807, 2.05) is 54.0 Å². The minimum Gasteiger partial charge on any atom is -0.485 e.